The van der Waals surface area contributed by atoms with Gasteiger partial charge in [-0.15, -0.1) is 0 Å². The standard InChI is InChI=1S/C26H40ClN3O2/c1-19(2)32-24-8-9-25(27)21(17-24)16-20-10-13-29(14-11-20)18-22-12-15-30(26(31)28-22)23-6-4-3-5-7-23/h8-9,17,19-20,22-23H,3-7,10-16,18H2,1-2H3,(H,28,31). The second-order valence-corrected chi connectivity index (χ2v) is 10.7. The van der Waals surface area contributed by atoms with Gasteiger partial charge in [-0.05, 0) is 95.1 Å². The Morgan fingerprint density at radius 2 is 1.81 bits per heavy atom. The lowest BCUT2D eigenvalue weighted by molar-refractivity contribution is 0.113. The number of hydrogen-bond donors (Lipinski definition) is 1. The number of carbonyl (C=O) groups excluding carboxylic acids is 1. The van der Waals surface area contributed by atoms with Crippen molar-refractivity contribution in [3.05, 3.63) is 28.8 Å². The van der Waals surface area contributed by atoms with E-state index >= 15 is 0 Å². The highest BCUT2D eigenvalue weighted by Gasteiger charge is 2.32. The van der Waals surface area contributed by atoms with Crippen LogP contribution in [-0.2, 0) is 6.42 Å². The number of piperidine rings is 1. The van der Waals surface area contributed by atoms with Crippen LogP contribution >= 0.6 is 11.6 Å². The molecule has 3 aliphatic rings. The van der Waals surface area contributed by atoms with Gasteiger partial charge in [0.15, 0.2) is 0 Å². The number of carbonyl (C=O) groups is 1. The van der Waals surface area contributed by atoms with Crippen LogP contribution in [0.1, 0.15) is 70.8 Å². The highest BCUT2D eigenvalue weighted by atomic mass is 35.5. The molecule has 178 valence electrons. The normalized spacial score (nSPS) is 24.1. The summed E-state index contributed by atoms with van der Waals surface area (Å²) in [5, 5.41) is 4.15. The van der Waals surface area contributed by atoms with Gasteiger partial charge >= 0.3 is 6.03 Å². The van der Waals surface area contributed by atoms with Gasteiger partial charge in [0.25, 0.3) is 0 Å². The number of urea groups is 1. The zero-order chi connectivity index (χ0) is 22.5. The van der Waals surface area contributed by atoms with Gasteiger partial charge in [-0.3, -0.25) is 0 Å². The van der Waals surface area contributed by atoms with Gasteiger partial charge in [0.2, 0.25) is 0 Å². The number of halogens is 1. The number of rotatable bonds is 7. The summed E-state index contributed by atoms with van der Waals surface area (Å²) in [5.41, 5.74) is 1.20. The number of amides is 2. The molecule has 0 aromatic heterocycles. The second-order valence-electron chi connectivity index (χ2n) is 10.3. The summed E-state index contributed by atoms with van der Waals surface area (Å²) >= 11 is 6.48. The number of benzene rings is 1. The van der Waals surface area contributed by atoms with Crippen molar-refractivity contribution in [3.8, 4) is 5.75 Å². The van der Waals surface area contributed by atoms with Crippen LogP contribution in [0.25, 0.3) is 0 Å². The molecule has 0 radical (unpaired) electrons. The second kappa shape index (κ2) is 11.1. The molecular formula is C26H40ClN3O2. The molecule has 5 nitrogen and oxygen atoms in total. The van der Waals surface area contributed by atoms with E-state index in [1.54, 1.807) is 0 Å². The third-order valence-electron chi connectivity index (χ3n) is 7.41. The Morgan fingerprint density at radius 1 is 1.06 bits per heavy atom. The first-order valence-electron chi connectivity index (χ1n) is 12.7. The van der Waals surface area contributed by atoms with Crippen LogP contribution in [0.5, 0.6) is 5.75 Å². The minimum Gasteiger partial charge on any atom is -0.491 e. The minimum absolute atomic E-state index is 0.168. The first-order valence-corrected chi connectivity index (χ1v) is 13.1. The van der Waals surface area contributed by atoms with E-state index in [0.29, 0.717) is 12.0 Å². The number of nitrogens with zero attached hydrogens (tertiary/aromatic N) is 2. The summed E-state index contributed by atoms with van der Waals surface area (Å²) in [4.78, 5) is 17.4. The third kappa shape index (κ3) is 6.32. The lowest BCUT2D eigenvalue weighted by atomic mass is 9.89. The topological polar surface area (TPSA) is 44.8 Å². The SMILES string of the molecule is CC(C)Oc1ccc(Cl)c(CC2CCN(CC3CCN(C4CCCCC4)C(=O)N3)CC2)c1. The smallest absolute Gasteiger partial charge is 0.317 e. The molecule has 2 saturated heterocycles. The molecule has 4 rings (SSSR count). The summed E-state index contributed by atoms with van der Waals surface area (Å²) in [6.45, 7) is 8.20. The van der Waals surface area contributed by atoms with Crippen LogP contribution in [-0.4, -0.2) is 60.2 Å². The van der Waals surface area contributed by atoms with E-state index in [0.717, 1.165) is 49.8 Å². The van der Waals surface area contributed by atoms with Gasteiger partial charge in [-0.1, -0.05) is 30.9 Å². The molecule has 6 heteroatoms. The van der Waals surface area contributed by atoms with Crippen LogP contribution in [0.4, 0.5) is 4.79 Å². The predicted molar refractivity (Wildman–Crippen MR) is 131 cm³/mol. The number of likely N-dealkylation sites (tertiary alicyclic amines) is 1. The fourth-order valence-electron chi connectivity index (χ4n) is 5.65. The van der Waals surface area contributed by atoms with Crippen LogP contribution in [0.2, 0.25) is 5.02 Å². The van der Waals surface area contributed by atoms with E-state index in [1.807, 2.05) is 26.0 Å². The van der Waals surface area contributed by atoms with E-state index in [2.05, 4.69) is 21.2 Å². The Labute approximate surface area is 198 Å². The van der Waals surface area contributed by atoms with Gasteiger partial charge in [0, 0.05) is 30.2 Å². The predicted octanol–water partition coefficient (Wildman–Crippen LogP) is 5.50. The van der Waals surface area contributed by atoms with E-state index in [1.165, 1.54) is 50.5 Å². The molecule has 2 amide bonds. The number of nitrogens with one attached hydrogen (secondary N) is 1. The van der Waals surface area contributed by atoms with Gasteiger partial charge in [-0.25, -0.2) is 4.79 Å². The van der Waals surface area contributed by atoms with E-state index in [-0.39, 0.29) is 18.2 Å². The summed E-state index contributed by atoms with van der Waals surface area (Å²) in [6.07, 6.45) is 10.8. The quantitative estimate of drug-likeness (QED) is 0.583. The highest BCUT2D eigenvalue weighted by molar-refractivity contribution is 6.31. The fourth-order valence-corrected chi connectivity index (χ4v) is 5.85. The molecule has 2 aliphatic heterocycles. The molecule has 3 fully saturated rings. The van der Waals surface area contributed by atoms with Crippen molar-refractivity contribution in [2.75, 3.05) is 26.2 Å². The lowest BCUT2D eigenvalue weighted by Gasteiger charge is -2.41. The Balaban J connectivity index is 1.21. The highest BCUT2D eigenvalue weighted by Crippen LogP contribution is 2.29. The van der Waals surface area contributed by atoms with Crippen molar-refractivity contribution in [1.82, 2.24) is 15.1 Å². The molecule has 2 heterocycles. The number of hydrogen-bond acceptors (Lipinski definition) is 3. The first kappa shape index (κ1) is 23.7. The fraction of sp³-hybridized carbons (Fsp3) is 0.731. The molecule has 0 bridgehead atoms. The maximum Gasteiger partial charge on any atom is 0.317 e. The first-order chi connectivity index (χ1) is 15.5. The Bertz CT molecular complexity index is 757. The lowest BCUT2D eigenvalue weighted by Crippen LogP contribution is -2.58. The van der Waals surface area contributed by atoms with Crippen molar-refractivity contribution in [2.45, 2.75) is 89.8 Å². The minimum atomic E-state index is 0.168. The van der Waals surface area contributed by atoms with Crippen molar-refractivity contribution in [3.63, 3.8) is 0 Å². The molecule has 0 spiro atoms. The maximum atomic E-state index is 12.7. The van der Waals surface area contributed by atoms with Crippen LogP contribution in [0.3, 0.4) is 0 Å². The van der Waals surface area contributed by atoms with Crippen molar-refractivity contribution < 1.29 is 9.53 Å². The molecule has 1 aromatic rings. The zero-order valence-electron chi connectivity index (χ0n) is 19.8. The van der Waals surface area contributed by atoms with E-state index in [4.69, 9.17) is 16.3 Å². The largest absolute Gasteiger partial charge is 0.491 e. The number of ether oxygens (including phenoxy) is 1. The zero-order valence-corrected chi connectivity index (χ0v) is 20.6. The molecular weight excluding hydrogens is 422 g/mol. The van der Waals surface area contributed by atoms with Gasteiger partial charge in [0.05, 0.1) is 6.10 Å². The van der Waals surface area contributed by atoms with E-state index in [9.17, 15) is 4.79 Å². The monoisotopic (exact) mass is 461 g/mol. The molecule has 1 atom stereocenters. The van der Waals surface area contributed by atoms with Crippen LogP contribution in [0.15, 0.2) is 18.2 Å². The van der Waals surface area contributed by atoms with Crippen LogP contribution in [0, 0.1) is 5.92 Å². The van der Waals surface area contributed by atoms with Gasteiger partial charge in [0.1, 0.15) is 5.75 Å². The Kier molecular flexibility index (Phi) is 8.22. The van der Waals surface area contributed by atoms with Gasteiger partial charge < -0.3 is 19.9 Å². The van der Waals surface area contributed by atoms with Gasteiger partial charge in [-0.2, -0.15) is 0 Å². The molecule has 32 heavy (non-hydrogen) atoms. The summed E-state index contributed by atoms with van der Waals surface area (Å²) < 4.78 is 5.85. The van der Waals surface area contributed by atoms with Crippen molar-refractivity contribution in [1.29, 1.82) is 0 Å². The average Bonchev–Trinajstić information content (AvgIpc) is 2.78. The van der Waals surface area contributed by atoms with Crippen LogP contribution < -0.4 is 10.1 Å². The Morgan fingerprint density at radius 3 is 2.50 bits per heavy atom. The van der Waals surface area contributed by atoms with Crippen molar-refractivity contribution in [2.24, 2.45) is 5.92 Å². The molecule has 1 aromatic carbocycles. The summed E-state index contributed by atoms with van der Waals surface area (Å²) in [5.74, 6) is 1.56. The summed E-state index contributed by atoms with van der Waals surface area (Å²) in [6, 6.07) is 6.97. The maximum absolute atomic E-state index is 12.7. The Hall–Kier alpha value is -1.46. The molecule has 1 unspecified atom stereocenters. The third-order valence-corrected chi connectivity index (χ3v) is 7.77. The molecule has 1 saturated carbocycles. The van der Waals surface area contributed by atoms with E-state index < -0.39 is 0 Å². The molecule has 1 aliphatic carbocycles. The summed E-state index contributed by atoms with van der Waals surface area (Å²) in [7, 11) is 0. The molecule has 1 N–H and O–H groups in total. The van der Waals surface area contributed by atoms with Crippen molar-refractivity contribution >= 4 is 17.6 Å². The average molecular weight is 462 g/mol.